The van der Waals surface area contributed by atoms with Crippen LogP contribution in [0.4, 0.5) is 0 Å². The minimum absolute atomic E-state index is 0.697. The van der Waals surface area contributed by atoms with Crippen LogP contribution < -0.4 is 5.32 Å². The van der Waals surface area contributed by atoms with Crippen LogP contribution in [0.2, 0.25) is 0 Å². The van der Waals surface area contributed by atoms with Gasteiger partial charge in [-0.15, -0.1) is 0 Å². The van der Waals surface area contributed by atoms with E-state index in [4.69, 9.17) is 0 Å². The van der Waals surface area contributed by atoms with Crippen LogP contribution in [0, 0.1) is 5.41 Å². The lowest BCUT2D eigenvalue weighted by Crippen LogP contribution is -2.41. The van der Waals surface area contributed by atoms with Crippen molar-refractivity contribution in [1.29, 1.82) is 0 Å². The van der Waals surface area contributed by atoms with Gasteiger partial charge in [0, 0.05) is 12.1 Å². The lowest BCUT2D eigenvalue weighted by atomic mass is 9.71. The normalized spacial score (nSPS) is 24.0. The first-order valence-electron chi connectivity index (χ1n) is 9.66. The maximum Gasteiger partial charge on any atom is 0.00699 e. The first kappa shape index (κ1) is 17.3. The Hall–Kier alpha value is -0.0800. The quantitative estimate of drug-likeness (QED) is 0.704. The summed E-state index contributed by atoms with van der Waals surface area (Å²) in [5.41, 5.74) is 0.782. The zero-order chi connectivity index (χ0) is 15.1. The van der Waals surface area contributed by atoms with Crippen molar-refractivity contribution in [3.63, 3.8) is 0 Å². The molecular weight excluding hydrogens is 256 g/mol. The maximum absolute atomic E-state index is 3.92. The first-order chi connectivity index (χ1) is 10.2. The Bertz CT molecular complexity index is 269. The molecule has 2 nitrogen and oxygen atoms in total. The molecule has 0 radical (unpaired) electrons. The maximum atomic E-state index is 3.92. The van der Waals surface area contributed by atoms with E-state index in [1.165, 1.54) is 83.8 Å². The van der Waals surface area contributed by atoms with Crippen molar-refractivity contribution in [2.75, 3.05) is 19.6 Å². The van der Waals surface area contributed by atoms with Gasteiger partial charge >= 0.3 is 0 Å². The van der Waals surface area contributed by atoms with Gasteiger partial charge in [-0.2, -0.15) is 0 Å². The van der Waals surface area contributed by atoms with E-state index in [-0.39, 0.29) is 0 Å². The molecule has 2 saturated carbocycles. The van der Waals surface area contributed by atoms with Crippen LogP contribution in [-0.4, -0.2) is 36.6 Å². The van der Waals surface area contributed by atoms with Gasteiger partial charge in [0.15, 0.2) is 0 Å². The standard InChI is InChI=1S/C19H38N2/c1-4-21(5-2)16-8-9-17(3)20-18-10-14-19(15-11-18)12-6-7-13-19/h17-18,20H,4-16H2,1-3H3. The zero-order valence-corrected chi connectivity index (χ0v) is 14.8. The van der Waals surface area contributed by atoms with Crippen molar-refractivity contribution in [2.45, 2.75) is 97.1 Å². The molecule has 2 rings (SSSR count). The van der Waals surface area contributed by atoms with Crippen molar-refractivity contribution < 1.29 is 0 Å². The average molecular weight is 295 g/mol. The third-order valence-electron chi connectivity index (χ3n) is 6.24. The van der Waals surface area contributed by atoms with Crippen molar-refractivity contribution >= 4 is 0 Å². The molecule has 0 aromatic rings. The van der Waals surface area contributed by atoms with Crippen molar-refractivity contribution in [1.82, 2.24) is 10.2 Å². The predicted octanol–water partition coefficient (Wildman–Crippen LogP) is 4.59. The number of rotatable bonds is 8. The number of nitrogens with one attached hydrogen (secondary N) is 1. The molecule has 2 aliphatic carbocycles. The second kappa shape index (κ2) is 8.53. The van der Waals surface area contributed by atoms with Crippen molar-refractivity contribution in [3.8, 4) is 0 Å². The molecule has 0 bridgehead atoms. The van der Waals surface area contributed by atoms with Gasteiger partial charge in [0.25, 0.3) is 0 Å². The van der Waals surface area contributed by atoms with Gasteiger partial charge in [0.1, 0.15) is 0 Å². The molecule has 0 aliphatic heterocycles. The molecule has 1 atom stereocenters. The Morgan fingerprint density at radius 3 is 2.24 bits per heavy atom. The fraction of sp³-hybridized carbons (Fsp3) is 1.00. The van der Waals surface area contributed by atoms with Gasteiger partial charge in [0.05, 0.1) is 0 Å². The largest absolute Gasteiger partial charge is 0.312 e. The molecule has 0 saturated heterocycles. The average Bonchev–Trinajstić information content (AvgIpc) is 2.95. The Morgan fingerprint density at radius 1 is 1.05 bits per heavy atom. The van der Waals surface area contributed by atoms with Gasteiger partial charge in [-0.1, -0.05) is 26.7 Å². The zero-order valence-electron chi connectivity index (χ0n) is 14.8. The van der Waals surface area contributed by atoms with Crippen molar-refractivity contribution in [2.24, 2.45) is 5.41 Å². The fourth-order valence-corrected chi connectivity index (χ4v) is 4.67. The lowest BCUT2D eigenvalue weighted by Gasteiger charge is -2.38. The Morgan fingerprint density at radius 2 is 1.67 bits per heavy atom. The van der Waals surface area contributed by atoms with E-state index < -0.39 is 0 Å². The Balaban J connectivity index is 1.59. The second-order valence-corrected chi connectivity index (χ2v) is 7.72. The minimum atomic E-state index is 0.697. The number of hydrogen-bond donors (Lipinski definition) is 1. The van der Waals surface area contributed by atoms with Gasteiger partial charge in [-0.25, -0.2) is 0 Å². The summed E-state index contributed by atoms with van der Waals surface area (Å²) in [4.78, 5) is 2.54. The van der Waals surface area contributed by atoms with E-state index in [0.29, 0.717) is 6.04 Å². The Labute approximate surface area is 133 Å². The third-order valence-corrected chi connectivity index (χ3v) is 6.24. The third kappa shape index (κ3) is 5.25. The summed E-state index contributed by atoms with van der Waals surface area (Å²) in [6.07, 6.45) is 14.6. The Kier molecular flexibility index (Phi) is 7.01. The SMILES string of the molecule is CCN(CC)CCCC(C)NC1CCC2(CCCC2)CC1. The monoisotopic (exact) mass is 294 g/mol. The van der Waals surface area contributed by atoms with Crippen LogP contribution in [0.1, 0.15) is 85.0 Å². The highest BCUT2D eigenvalue weighted by atomic mass is 15.1. The van der Waals surface area contributed by atoms with Gasteiger partial charge in [0.2, 0.25) is 0 Å². The molecular formula is C19H38N2. The molecule has 124 valence electrons. The van der Waals surface area contributed by atoms with Crippen LogP contribution in [-0.2, 0) is 0 Å². The predicted molar refractivity (Wildman–Crippen MR) is 92.8 cm³/mol. The van der Waals surface area contributed by atoms with Crippen LogP contribution in [0.15, 0.2) is 0 Å². The van der Waals surface area contributed by atoms with E-state index >= 15 is 0 Å². The number of hydrogen-bond acceptors (Lipinski definition) is 2. The second-order valence-electron chi connectivity index (χ2n) is 7.72. The molecule has 1 N–H and O–H groups in total. The summed E-state index contributed by atoms with van der Waals surface area (Å²) in [5, 5.41) is 3.92. The number of nitrogens with zero attached hydrogens (tertiary/aromatic N) is 1. The molecule has 2 aliphatic rings. The van der Waals surface area contributed by atoms with Crippen LogP contribution in [0.5, 0.6) is 0 Å². The smallest absolute Gasteiger partial charge is 0.00699 e. The topological polar surface area (TPSA) is 15.3 Å². The summed E-state index contributed by atoms with van der Waals surface area (Å²) in [6.45, 7) is 10.6. The first-order valence-corrected chi connectivity index (χ1v) is 9.66. The van der Waals surface area contributed by atoms with Crippen molar-refractivity contribution in [3.05, 3.63) is 0 Å². The van der Waals surface area contributed by atoms with Crippen LogP contribution in [0.3, 0.4) is 0 Å². The van der Waals surface area contributed by atoms with E-state index in [1.54, 1.807) is 0 Å². The minimum Gasteiger partial charge on any atom is -0.312 e. The molecule has 1 unspecified atom stereocenters. The van der Waals surface area contributed by atoms with E-state index in [2.05, 4.69) is 31.0 Å². The molecule has 0 aromatic heterocycles. The fourth-order valence-electron chi connectivity index (χ4n) is 4.67. The van der Waals surface area contributed by atoms with E-state index in [0.717, 1.165) is 11.5 Å². The molecule has 21 heavy (non-hydrogen) atoms. The summed E-state index contributed by atoms with van der Waals surface area (Å²) in [7, 11) is 0. The summed E-state index contributed by atoms with van der Waals surface area (Å²) < 4.78 is 0. The summed E-state index contributed by atoms with van der Waals surface area (Å²) in [6, 6.07) is 1.50. The summed E-state index contributed by atoms with van der Waals surface area (Å²) in [5.74, 6) is 0. The molecule has 2 heteroatoms. The van der Waals surface area contributed by atoms with Gasteiger partial charge in [-0.3, -0.25) is 0 Å². The molecule has 0 aromatic carbocycles. The molecule has 1 spiro atoms. The van der Waals surface area contributed by atoms with Gasteiger partial charge in [-0.05, 0) is 83.3 Å². The molecule has 2 fully saturated rings. The highest BCUT2D eigenvalue weighted by Crippen LogP contribution is 2.48. The van der Waals surface area contributed by atoms with E-state index in [1.807, 2.05) is 0 Å². The highest BCUT2D eigenvalue weighted by molar-refractivity contribution is 4.91. The highest BCUT2D eigenvalue weighted by Gasteiger charge is 2.37. The van der Waals surface area contributed by atoms with Crippen LogP contribution >= 0.6 is 0 Å². The van der Waals surface area contributed by atoms with Gasteiger partial charge < -0.3 is 10.2 Å². The van der Waals surface area contributed by atoms with E-state index in [9.17, 15) is 0 Å². The summed E-state index contributed by atoms with van der Waals surface area (Å²) >= 11 is 0. The lowest BCUT2D eigenvalue weighted by molar-refractivity contribution is 0.162. The van der Waals surface area contributed by atoms with Crippen LogP contribution in [0.25, 0.3) is 0 Å². The molecule has 0 heterocycles. The molecule has 0 amide bonds.